The standard InChI is InChI=1S/C19H22ClNO3/c1-13-9-14(2)11-18(10-13)23-8-7-21-19(22)15(3)24-17-6-4-5-16(20)12-17/h4-6,9-12,15H,7-8H2,1-3H3,(H,21,22). The highest BCUT2D eigenvalue weighted by Gasteiger charge is 2.14. The van der Waals surface area contributed by atoms with Crippen molar-refractivity contribution in [3.8, 4) is 11.5 Å². The SMILES string of the molecule is Cc1cc(C)cc(OCCNC(=O)C(C)Oc2cccc(Cl)c2)c1. The van der Waals surface area contributed by atoms with Crippen LogP contribution < -0.4 is 14.8 Å². The molecule has 24 heavy (non-hydrogen) atoms. The zero-order chi connectivity index (χ0) is 17.5. The lowest BCUT2D eigenvalue weighted by molar-refractivity contribution is -0.127. The Labute approximate surface area is 147 Å². The number of amides is 1. The summed E-state index contributed by atoms with van der Waals surface area (Å²) in [5.74, 6) is 1.18. The zero-order valence-corrected chi connectivity index (χ0v) is 14.9. The van der Waals surface area contributed by atoms with Gasteiger partial charge in [0.15, 0.2) is 6.10 Å². The van der Waals surface area contributed by atoms with Crippen LogP contribution in [0.1, 0.15) is 18.1 Å². The van der Waals surface area contributed by atoms with E-state index in [1.807, 2.05) is 26.0 Å². The molecule has 0 aliphatic rings. The Bertz CT molecular complexity index is 683. The van der Waals surface area contributed by atoms with Crippen LogP contribution in [0.15, 0.2) is 42.5 Å². The molecule has 2 aromatic carbocycles. The first-order chi connectivity index (χ1) is 11.4. The molecule has 2 aromatic rings. The largest absolute Gasteiger partial charge is 0.492 e. The smallest absolute Gasteiger partial charge is 0.260 e. The molecule has 0 heterocycles. The maximum atomic E-state index is 12.0. The number of halogens is 1. The summed E-state index contributed by atoms with van der Waals surface area (Å²) < 4.78 is 11.2. The summed E-state index contributed by atoms with van der Waals surface area (Å²) in [7, 11) is 0. The third-order valence-corrected chi connectivity index (χ3v) is 3.58. The predicted molar refractivity (Wildman–Crippen MR) is 96.0 cm³/mol. The van der Waals surface area contributed by atoms with E-state index in [0.29, 0.717) is 23.9 Å². The van der Waals surface area contributed by atoms with Crippen molar-refractivity contribution in [2.75, 3.05) is 13.2 Å². The van der Waals surface area contributed by atoms with Gasteiger partial charge in [0.2, 0.25) is 0 Å². The molecule has 4 nitrogen and oxygen atoms in total. The number of ether oxygens (including phenoxy) is 2. The second-order valence-corrected chi connectivity index (χ2v) is 6.12. The zero-order valence-electron chi connectivity index (χ0n) is 14.1. The molecular formula is C19H22ClNO3. The lowest BCUT2D eigenvalue weighted by Gasteiger charge is -2.15. The van der Waals surface area contributed by atoms with Crippen LogP contribution in [-0.4, -0.2) is 25.2 Å². The topological polar surface area (TPSA) is 47.6 Å². The number of hydrogen-bond acceptors (Lipinski definition) is 3. The van der Waals surface area contributed by atoms with Gasteiger partial charge in [0.1, 0.15) is 18.1 Å². The average molecular weight is 348 g/mol. The maximum Gasteiger partial charge on any atom is 0.260 e. The number of aryl methyl sites for hydroxylation is 2. The molecule has 128 valence electrons. The van der Waals surface area contributed by atoms with Gasteiger partial charge < -0.3 is 14.8 Å². The van der Waals surface area contributed by atoms with Gasteiger partial charge in [-0.15, -0.1) is 0 Å². The fourth-order valence-corrected chi connectivity index (χ4v) is 2.48. The molecule has 1 atom stereocenters. The average Bonchev–Trinajstić information content (AvgIpc) is 2.50. The van der Waals surface area contributed by atoms with E-state index in [4.69, 9.17) is 21.1 Å². The molecule has 1 N–H and O–H groups in total. The molecule has 0 fully saturated rings. The van der Waals surface area contributed by atoms with E-state index in [0.717, 1.165) is 16.9 Å². The summed E-state index contributed by atoms with van der Waals surface area (Å²) >= 11 is 5.89. The van der Waals surface area contributed by atoms with Crippen LogP contribution in [0.4, 0.5) is 0 Å². The fourth-order valence-electron chi connectivity index (χ4n) is 2.30. The van der Waals surface area contributed by atoms with E-state index in [1.165, 1.54) is 0 Å². The van der Waals surface area contributed by atoms with E-state index < -0.39 is 6.10 Å². The summed E-state index contributed by atoms with van der Waals surface area (Å²) in [4.78, 5) is 12.0. The second kappa shape index (κ2) is 8.60. The Morgan fingerprint density at radius 1 is 1.12 bits per heavy atom. The molecule has 2 rings (SSSR count). The lowest BCUT2D eigenvalue weighted by Crippen LogP contribution is -2.38. The van der Waals surface area contributed by atoms with Crippen molar-refractivity contribution in [3.63, 3.8) is 0 Å². The highest BCUT2D eigenvalue weighted by atomic mass is 35.5. The van der Waals surface area contributed by atoms with Crippen molar-refractivity contribution >= 4 is 17.5 Å². The number of nitrogens with one attached hydrogen (secondary N) is 1. The predicted octanol–water partition coefficient (Wildman–Crippen LogP) is 3.92. The van der Waals surface area contributed by atoms with Crippen molar-refractivity contribution < 1.29 is 14.3 Å². The Morgan fingerprint density at radius 3 is 2.50 bits per heavy atom. The van der Waals surface area contributed by atoms with Crippen LogP contribution in [0.5, 0.6) is 11.5 Å². The summed E-state index contributed by atoms with van der Waals surface area (Å²) in [5, 5.41) is 3.37. The third-order valence-electron chi connectivity index (χ3n) is 3.34. The molecule has 0 aliphatic carbocycles. The van der Waals surface area contributed by atoms with Gasteiger partial charge in [0, 0.05) is 5.02 Å². The van der Waals surface area contributed by atoms with Gasteiger partial charge in [-0.25, -0.2) is 0 Å². The molecular weight excluding hydrogens is 326 g/mol. The first-order valence-electron chi connectivity index (χ1n) is 7.85. The van der Waals surface area contributed by atoms with Gasteiger partial charge in [-0.3, -0.25) is 4.79 Å². The highest BCUT2D eigenvalue weighted by Crippen LogP contribution is 2.18. The summed E-state index contributed by atoms with van der Waals surface area (Å²) in [6.07, 6.45) is -0.607. The van der Waals surface area contributed by atoms with Crippen molar-refractivity contribution in [3.05, 3.63) is 58.6 Å². The van der Waals surface area contributed by atoms with Crippen LogP contribution in [0.3, 0.4) is 0 Å². The molecule has 1 amide bonds. The molecule has 0 radical (unpaired) electrons. The lowest BCUT2D eigenvalue weighted by atomic mass is 10.1. The van der Waals surface area contributed by atoms with E-state index >= 15 is 0 Å². The van der Waals surface area contributed by atoms with E-state index in [9.17, 15) is 4.79 Å². The van der Waals surface area contributed by atoms with Crippen LogP contribution in [0, 0.1) is 13.8 Å². The van der Waals surface area contributed by atoms with Crippen molar-refractivity contribution in [1.29, 1.82) is 0 Å². The Morgan fingerprint density at radius 2 is 1.83 bits per heavy atom. The molecule has 0 bridgehead atoms. The van der Waals surface area contributed by atoms with Crippen molar-refractivity contribution in [1.82, 2.24) is 5.32 Å². The molecule has 0 spiro atoms. The number of rotatable bonds is 7. The van der Waals surface area contributed by atoms with Crippen LogP contribution in [0.25, 0.3) is 0 Å². The number of carbonyl (C=O) groups excluding carboxylic acids is 1. The Balaban J connectivity index is 1.74. The normalized spacial score (nSPS) is 11.7. The highest BCUT2D eigenvalue weighted by molar-refractivity contribution is 6.30. The van der Waals surface area contributed by atoms with Crippen LogP contribution in [0.2, 0.25) is 5.02 Å². The first kappa shape index (κ1) is 18.1. The molecule has 0 saturated heterocycles. The molecule has 0 aromatic heterocycles. The van der Waals surface area contributed by atoms with Crippen molar-refractivity contribution in [2.45, 2.75) is 26.9 Å². The van der Waals surface area contributed by atoms with Crippen LogP contribution in [-0.2, 0) is 4.79 Å². The minimum Gasteiger partial charge on any atom is -0.492 e. The van der Waals surface area contributed by atoms with Gasteiger partial charge in [0.05, 0.1) is 6.54 Å². The fraction of sp³-hybridized carbons (Fsp3) is 0.316. The first-order valence-corrected chi connectivity index (χ1v) is 8.23. The van der Waals surface area contributed by atoms with Gasteiger partial charge in [-0.2, -0.15) is 0 Å². The van der Waals surface area contributed by atoms with Gasteiger partial charge in [-0.1, -0.05) is 23.7 Å². The van der Waals surface area contributed by atoms with Gasteiger partial charge >= 0.3 is 0 Å². The number of carbonyl (C=O) groups is 1. The summed E-state index contributed by atoms with van der Waals surface area (Å²) in [5.41, 5.74) is 2.30. The van der Waals surface area contributed by atoms with E-state index in [-0.39, 0.29) is 5.91 Å². The quantitative estimate of drug-likeness (QED) is 0.772. The van der Waals surface area contributed by atoms with E-state index in [1.54, 1.807) is 31.2 Å². The molecule has 0 saturated carbocycles. The van der Waals surface area contributed by atoms with Crippen LogP contribution >= 0.6 is 11.6 Å². The maximum absolute atomic E-state index is 12.0. The summed E-state index contributed by atoms with van der Waals surface area (Å²) in [6.45, 7) is 6.56. The third kappa shape index (κ3) is 5.78. The Kier molecular flexibility index (Phi) is 6.50. The number of hydrogen-bond donors (Lipinski definition) is 1. The van der Waals surface area contributed by atoms with E-state index in [2.05, 4.69) is 11.4 Å². The monoisotopic (exact) mass is 347 g/mol. The molecule has 1 unspecified atom stereocenters. The summed E-state index contributed by atoms with van der Waals surface area (Å²) in [6, 6.07) is 13.0. The minimum absolute atomic E-state index is 0.195. The second-order valence-electron chi connectivity index (χ2n) is 5.68. The Hall–Kier alpha value is -2.20. The van der Waals surface area contributed by atoms with Crippen molar-refractivity contribution in [2.24, 2.45) is 0 Å². The molecule has 0 aliphatic heterocycles. The van der Waals surface area contributed by atoms with Gasteiger partial charge in [0.25, 0.3) is 5.91 Å². The van der Waals surface area contributed by atoms with Gasteiger partial charge in [-0.05, 0) is 62.2 Å². The minimum atomic E-state index is -0.607. The number of benzene rings is 2. The molecule has 5 heteroatoms.